The molecule has 1 aromatic heterocycles. The van der Waals surface area contributed by atoms with Crippen molar-refractivity contribution in [2.24, 2.45) is 5.73 Å². The van der Waals surface area contributed by atoms with E-state index in [1.165, 1.54) is 12.1 Å². The Morgan fingerprint density at radius 1 is 1.09 bits per heavy atom. The number of nitrogens with zero attached hydrogens (tertiary/aromatic N) is 2. The zero-order valence-electron chi connectivity index (χ0n) is 18.1. The van der Waals surface area contributed by atoms with Gasteiger partial charge in [0, 0.05) is 19.1 Å². The SMILES string of the molecule is NC(=O)C1(c2ccc3c(n2)CCCN3C(=O)C2CCCCO2)CCC1c1ccc(F)cc1. The number of amides is 2. The monoisotopic (exact) mass is 437 g/mol. The van der Waals surface area contributed by atoms with Crippen LogP contribution in [0.5, 0.6) is 0 Å². The number of aromatic nitrogens is 1. The smallest absolute Gasteiger partial charge is 0.256 e. The first-order valence-corrected chi connectivity index (χ1v) is 11.5. The molecule has 0 spiro atoms. The number of carbonyl (C=O) groups is 2. The number of fused-ring (bicyclic) bond motifs is 1. The van der Waals surface area contributed by atoms with Gasteiger partial charge in [0.2, 0.25) is 5.91 Å². The van der Waals surface area contributed by atoms with Crippen LogP contribution in [0.2, 0.25) is 0 Å². The summed E-state index contributed by atoms with van der Waals surface area (Å²) in [5.41, 5.74) is 8.19. The Bertz CT molecular complexity index is 1040. The Hall–Kier alpha value is -2.80. The molecule has 1 aliphatic carbocycles. The molecule has 2 aromatic rings. The Kier molecular flexibility index (Phi) is 5.45. The van der Waals surface area contributed by atoms with Gasteiger partial charge in [0.15, 0.2) is 0 Å². The molecule has 2 fully saturated rings. The van der Waals surface area contributed by atoms with Gasteiger partial charge in [0.25, 0.3) is 5.91 Å². The Balaban J connectivity index is 1.47. The van der Waals surface area contributed by atoms with E-state index in [2.05, 4.69) is 0 Å². The molecule has 3 aliphatic rings. The Morgan fingerprint density at radius 2 is 1.91 bits per heavy atom. The molecule has 6 nitrogen and oxygen atoms in total. The van der Waals surface area contributed by atoms with Crippen molar-refractivity contribution in [2.45, 2.75) is 62.4 Å². The maximum absolute atomic E-state index is 13.4. The molecule has 3 atom stereocenters. The molecule has 2 N–H and O–H groups in total. The van der Waals surface area contributed by atoms with E-state index in [1.54, 1.807) is 17.0 Å². The van der Waals surface area contributed by atoms with E-state index in [4.69, 9.17) is 15.5 Å². The molecule has 1 saturated heterocycles. The average Bonchev–Trinajstić information content (AvgIpc) is 2.79. The van der Waals surface area contributed by atoms with Crippen molar-refractivity contribution in [1.29, 1.82) is 0 Å². The zero-order chi connectivity index (χ0) is 22.3. The summed E-state index contributed by atoms with van der Waals surface area (Å²) < 4.78 is 19.1. The molecule has 1 saturated carbocycles. The third-order valence-electron chi connectivity index (χ3n) is 7.35. The van der Waals surface area contributed by atoms with E-state index in [0.717, 1.165) is 55.5 Å². The van der Waals surface area contributed by atoms with Crippen LogP contribution in [0.4, 0.5) is 10.1 Å². The number of halogens is 1. The highest BCUT2D eigenvalue weighted by molar-refractivity contribution is 5.97. The molecule has 1 aromatic carbocycles. The van der Waals surface area contributed by atoms with E-state index in [9.17, 15) is 14.0 Å². The fourth-order valence-corrected chi connectivity index (χ4v) is 5.49. The van der Waals surface area contributed by atoms with E-state index < -0.39 is 11.3 Å². The van der Waals surface area contributed by atoms with Gasteiger partial charge in [-0.15, -0.1) is 0 Å². The van der Waals surface area contributed by atoms with Crippen molar-refractivity contribution < 1.29 is 18.7 Å². The van der Waals surface area contributed by atoms with Crippen LogP contribution in [-0.4, -0.2) is 36.1 Å². The van der Waals surface area contributed by atoms with Crippen LogP contribution in [-0.2, 0) is 26.2 Å². The molecule has 0 bridgehead atoms. The minimum Gasteiger partial charge on any atom is -0.369 e. The first-order valence-electron chi connectivity index (χ1n) is 11.5. The predicted octanol–water partition coefficient (Wildman–Crippen LogP) is 3.37. The van der Waals surface area contributed by atoms with Crippen LogP contribution in [0, 0.1) is 5.82 Å². The third-order valence-corrected chi connectivity index (χ3v) is 7.35. The highest BCUT2D eigenvalue weighted by atomic mass is 19.1. The van der Waals surface area contributed by atoms with E-state index in [0.29, 0.717) is 25.3 Å². The van der Waals surface area contributed by atoms with E-state index in [1.807, 2.05) is 12.1 Å². The van der Waals surface area contributed by atoms with E-state index in [-0.39, 0.29) is 23.7 Å². The number of hydrogen-bond acceptors (Lipinski definition) is 4. The summed E-state index contributed by atoms with van der Waals surface area (Å²) in [5, 5.41) is 0. The molecule has 3 unspecified atom stereocenters. The van der Waals surface area contributed by atoms with Gasteiger partial charge in [0.1, 0.15) is 11.9 Å². The van der Waals surface area contributed by atoms with Gasteiger partial charge in [-0.25, -0.2) is 4.39 Å². The van der Waals surface area contributed by atoms with Crippen molar-refractivity contribution in [2.75, 3.05) is 18.1 Å². The molecule has 7 heteroatoms. The van der Waals surface area contributed by atoms with Crippen molar-refractivity contribution in [3.63, 3.8) is 0 Å². The quantitative estimate of drug-likeness (QED) is 0.795. The average molecular weight is 438 g/mol. The third kappa shape index (κ3) is 3.39. The van der Waals surface area contributed by atoms with Crippen LogP contribution in [0.25, 0.3) is 0 Å². The van der Waals surface area contributed by atoms with Crippen LogP contribution in [0.15, 0.2) is 36.4 Å². The van der Waals surface area contributed by atoms with Gasteiger partial charge in [0.05, 0.1) is 22.5 Å². The molecule has 168 valence electrons. The number of nitrogens with two attached hydrogens (primary N) is 1. The fourth-order valence-electron chi connectivity index (χ4n) is 5.49. The summed E-state index contributed by atoms with van der Waals surface area (Å²) in [6.07, 6.45) is 5.31. The van der Waals surface area contributed by atoms with Gasteiger partial charge >= 0.3 is 0 Å². The van der Waals surface area contributed by atoms with Gasteiger partial charge in [-0.2, -0.15) is 0 Å². The highest BCUT2D eigenvalue weighted by Gasteiger charge is 2.54. The second kappa shape index (κ2) is 8.28. The Morgan fingerprint density at radius 3 is 2.56 bits per heavy atom. The summed E-state index contributed by atoms with van der Waals surface area (Å²) in [4.78, 5) is 32.5. The molecular formula is C25H28FN3O3. The topological polar surface area (TPSA) is 85.5 Å². The number of carbonyl (C=O) groups excluding carboxylic acids is 2. The summed E-state index contributed by atoms with van der Waals surface area (Å²) in [6, 6.07) is 10.0. The second-order valence-corrected chi connectivity index (χ2v) is 9.09. The molecule has 5 rings (SSSR count). The first kappa shape index (κ1) is 21.1. The molecule has 2 amide bonds. The van der Waals surface area contributed by atoms with Crippen LogP contribution in [0.3, 0.4) is 0 Å². The first-order chi connectivity index (χ1) is 15.5. The van der Waals surface area contributed by atoms with Crippen LogP contribution in [0.1, 0.15) is 61.4 Å². The lowest BCUT2D eigenvalue weighted by molar-refractivity contribution is -0.132. The molecule has 0 radical (unpaired) electrons. The Labute approximate surface area is 187 Å². The summed E-state index contributed by atoms with van der Waals surface area (Å²) in [5.74, 6) is -0.859. The molecule has 2 aliphatic heterocycles. The lowest BCUT2D eigenvalue weighted by Crippen LogP contribution is -2.53. The largest absolute Gasteiger partial charge is 0.369 e. The minimum atomic E-state index is -0.911. The molecule has 3 heterocycles. The van der Waals surface area contributed by atoms with Gasteiger partial charge in [-0.05, 0) is 74.8 Å². The number of rotatable bonds is 4. The fraction of sp³-hybridized carbons (Fsp3) is 0.480. The number of hydrogen-bond donors (Lipinski definition) is 1. The van der Waals surface area contributed by atoms with Crippen LogP contribution >= 0.6 is 0 Å². The maximum Gasteiger partial charge on any atom is 0.256 e. The number of benzene rings is 1. The predicted molar refractivity (Wildman–Crippen MR) is 118 cm³/mol. The van der Waals surface area contributed by atoms with Gasteiger partial charge < -0.3 is 15.4 Å². The van der Waals surface area contributed by atoms with Crippen molar-refractivity contribution in [1.82, 2.24) is 4.98 Å². The van der Waals surface area contributed by atoms with Crippen LogP contribution < -0.4 is 10.6 Å². The van der Waals surface area contributed by atoms with Gasteiger partial charge in [-0.3, -0.25) is 14.6 Å². The second-order valence-electron chi connectivity index (χ2n) is 9.09. The number of primary amides is 1. The minimum absolute atomic E-state index is 0.00218. The number of anilines is 1. The lowest BCUT2D eigenvalue weighted by atomic mass is 9.55. The highest BCUT2D eigenvalue weighted by Crippen LogP contribution is 2.54. The zero-order valence-corrected chi connectivity index (χ0v) is 18.1. The summed E-state index contributed by atoms with van der Waals surface area (Å²) >= 11 is 0. The van der Waals surface area contributed by atoms with Gasteiger partial charge in [-0.1, -0.05) is 12.1 Å². The van der Waals surface area contributed by atoms with Crippen molar-refractivity contribution in [3.8, 4) is 0 Å². The normalized spacial score (nSPS) is 27.3. The number of ether oxygens (including phenoxy) is 1. The lowest BCUT2D eigenvalue weighted by Gasteiger charge is -2.47. The van der Waals surface area contributed by atoms with Crippen molar-refractivity contribution >= 4 is 17.5 Å². The number of aryl methyl sites for hydroxylation is 1. The van der Waals surface area contributed by atoms with Crippen molar-refractivity contribution in [3.05, 3.63) is 59.2 Å². The van der Waals surface area contributed by atoms with E-state index >= 15 is 0 Å². The summed E-state index contributed by atoms with van der Waals surface area (Å²) in [7, 11) is 0. The number of pyridine rings is 1. The maximum atomic E-state index is 13.4. The molecular weight excluding hydrogens is 409 g/mol. The summed E-state index contributed by atoms with van der Waals surface area (Å²) in [6.45, 7) is 1.27. The standard InChI is InChI=1S/C25H28FN3O3/c26-17-8-6-16(7-9-17)18-12-13-25(18,24(27)31)22-11-10-20-19(28-22)4-3-14-29(20)23(30)21-5-1-2-15-32-21/h6-11,18,21H,1-5,12-15H2,(H2,27,31). The molecule has 32 heavy (non-hydrogen) atoms.